The molecule has 0 amide bonds. The molecule has 0 spiro atoms. The molecule has 0 atom stereocenters. The predicted octanol–water partition coefficient (Wildman–Crippen LogP) is 1.61. The first-order valence-corrected chi connectivity index (χ1v) is 4.79. The Morgan fingerprint density at radius 2 is 2.12 bits per heavy atom. The van der Waals surface area contributed by atoms with Crippen LogP contribution in [0.3, 0.4) is 0 Å². The molecule has 0 aromatic heterocycles. The van der Waals surface area contributed by atoms with Crippen LogP contribution in [-0.2, 0) is 16.0 Å². The molecular weight excluding hydrogens is 218 g/mol. The average molecular weight is 228 g/mol. The van der Waals surface area contributed by atoms with Gasteiger partial charge in [0.25, 0.3) is 0 Å². The van der Waals surface area contributed by atoms with Crippen molar-refractivity contribution in [1.29, 1.82) is 0 Å². The van der Waals surface area contributed by atoms with E-state index in [1.807, 2.05) is 0 Å². The maximum atomic E-state index is 13.3. The quantitative estimate of drug-likeness (QED) is 0.854. The summed E-state index contributed by atoms with van der Waals surface area (Å²) in [4.78, 5) is 11.0. The number of hydrogen-bond acceptors (Lipinski definition) is 2. The Balaban J connectivity index is 2.26. The lowest BCUT2D eigenvalue weighted by molar-refractivity contribution is -0.179. The molecule has 1 fully saturated rings. The summed E-state index contributed by atoms with van der Waals surface area (Å²) in [5.41, 5.74) is -1.03. The highest BCUT2D eigenvalue weighted by Gasteiger charge is 2.46. The van der Waals surface area contributed by atoms with Crippen LogP contribution in [0.1, 0.15) is 5.56 Å². The SMILES string of the molecule is O=C(O)C1(Cc2cc(F)ccc2F)COC1. The molecule has 86 valence electrons. The van der Waals surface area contributed by atoms with Crippen LogP contribution in [0, 0.1) is 17.0 Å². The topological polar surface area (TPSA) is 46.5 Å². The highest BCUT2D eigenvalue weighted by molar-refractivity contribution is 5.76. The first-order chi connectivity index (χ1) is 7.53. The van der Waals surface area contributed by atoms with E-state index < -0.39 is 23.0 Å². The molecule has 1 aromatic rings. The molecule has 1 saturated heterocycles. The summed E-state index contributed by atoms with van der Waals surface area (Å²) in [6, 6.07) is 3.03. The van der Waals surface area contributed by atoms with Gasteiger partial charge in [0.2, 0.25) is 0 Å². The Kier molecular flexibility index (Phi) is 2.63. The van der Waals surface area contributed by atoms with Gasteiger partial charge in [-0.2, -0.15) is 0 Å². The fraction of sp³-hybridized carbons (Fsp3) is 0.364. The first-order valence-electron chi connectivity index (χ1n) is 4.79. The van der Waals surface area contributed by atoms with E-state index in [2.05, 4.69) is 0 Å². The van der Waals surface area contributed by atoms with Gasteiger partial charge < -0.3 is 9.84 Å². The standard InChI is InChI=1S/C11H10F2O3/c12-8-1-2-9(13)7(3-8)4-11(10(14)15)5-16-6-11/h1-3H,4-6H2,(H,14,15). The van der Waals surface area contributed by atoms with Gasteiger partial charge in [0, 0.05) is 0 Å². The van der Waals surface area contributed by atoms with Crippen LogP contribution in [0.25, 0.3) is 0 Å². The smallest absolute Gasteiger partial charge is 0.314 e. The summed E-state index contributed by atoms with van der Waals surface area (Å²) in [5.74, 6) is -2.20. The Bertz CT molecular complexity index is 427. The lowest BCUT2D eigenvalue weighted by Gasteiger charge is -2.37. The lowest BCUT2D eigenvalue weighted by atomic mass is 9.80. The van der Waals surface area contributed by atoms with Crippen LogP contribution in [0.4, 0.5) is 8.78 Å². The second-order valence-electron chi connectivity index (χ2n) is 3.99. The molecule has 1 heterocycles. The van der Waals surface area contributed by atoms with E-state index in [0.717, 1.165) is 18.2 Å². The van der Waals surface area contributed by atoms with Crippen LogP contribution >= 0.6 is 0 Å². The summed E-state index contributed by atoms with van der Waals surface area (Å²) in [6.45, 7) is 0.0799. The van der Waals surface area contributed by atoms with Crippen molar-refractivity contribution in [3.05, 3.63) is 35.4 Å². The third-order valence-corrected chi connectivity index (χ3v) is 2.75. The van der Waals surface area contributed by atoms with Gasteiger partial charge in [-0.15, -0.1) is 0 Å². The van der Waals surface area contributed by atoms with Gasteiger partial charge in [0.05, 0.1) is 13.2 Å². The fourth-order valence-electron chi connectivity index (χ4n) is 1.69. The van der Waals surface area contributed by atoms with E-state index >= 15 is 0 Å². The average Bonchev–Trinajstić information content (AvgIpc) is 2.16. The summed E-state index contributed by atoms with van der Waals surface area (Å²) in [6.07, 6.45) is -0.0497. The molecule has 2 rings (SSSR count). The first kappa shape index (κ1) is 11.0. The van der Waals surface area contributed by atoms with Gasteiger partial charge >= 0.3 is 5.97 Å². The molecule has 1 aliphatic rings. The highest BCUT2D eigenvalue weighted by atomic mass is 19.1. The van der Waals surface area contributed by atoms with Gasteiger partial charge in [0.15, 0.2) is 0 Å². The minimum Gasteiger partial charge on any atom is -0.481 e. The molecule has 1 N–H and O–H groups in total. The largest absolute Gasteiger partial charge is 0.481 e. The van der Waals surface area contributed by atoms with E-state index in [1.54, 1.807) is 0 Å². The van der Waals surface area contributed by atoms with Crippen LogP contribution in [0.15, 0.2) is 18.2 Å². The molecule has 0 bridgehead atoms. The molecule has 5 heteroatoms. The predicted molar refractivity (Wildman–Crippen MR) is 50.9 cm³/mol. The van der Waals surface area contributed by atoms with Gasteiger partial charge in [-0.25, -0.2) is 8.78 Å². The van der Waals surface area contributed by atoms with Crippen LogP contribution in [-0.4, -0.2) is 24.3 Å². The monoisotopic (exact) mass is 228 g/mol. The van der Waals surface area contributed by atoms with E-state index in [-0.39, 0.29) is 25.2 Å². The molecule has 0 aliphatic carbocycles. The number of ether oxygens (including phenoxy) is 1. The Hall–Kier alpha value is -1.49. The van der Waals surface area contributed by atoms with Crippen molar-refractivity contribution in [3.63, 3.8) is 0 Å². The molecule has 16 heavy (non-hydrogen) atoms. The number of carboxylic acids is 1. The van der Waals surface area contributed by atoms with Crippen molar-refractivity contribution in [2.24, 2.45) is 5.41 Å². The number of rotatable bonds is 3. The Morgan fingerprint density at radius 1 is 1.44 bits per heavy atom. The summed E-state index contributed by atoms with van der Waals surface area (Å²) < 4.78 is 31.1. The molecule has 1 aliphatic heterocycles. The van der Waals surface area contributed by atoms with Crippen LogP contribution in [0.2, 0.25) is 0 Å². The number of halogens is 2. The van der Waals surface area contributed by atoms with Crippen LogP contribution < -0.4 is 0 Å². The van der Waals surface area contributed by atoms with E-state index in [1.165, 1.54) is 0 Å². The van der Waals surface area contributed by atoms with Crippen LogP contribution in [0.5, 0.6) is 0 Å². The van der Waals surface area contributed by atoms with E-state index in [4.69, 9.17) is 9.84 Å². The highest BCUT2D eigenvalue weighted by Crippen LogP contribution is 2.33. The molecule has 1 aromatic carbocycles. The van der Waals surface area contributed by atoms with Crippen molar-refractivity contribution in [1.82, 2.24) is 0 Å². The Morgan fingerprint density at radius 3 is 2.62 bits per heavy atom. The molecule has 0 saturated carbocycles. The number of carboxylic acid groups (broad SMARTS) is 1. The summed E-state index contributed by atoms with van der Waals surface area (Å²) in [5, 5.41) is 9.01. The van der Waals surface area contributed by atoms with Crippen molar-refractivity contribution >= 4 is 5.97 Å². The zero-order valence-corrected chi connectivity index (χ0v) is 8.37. The third kappa shape index (κ3) is 1.78. The number of carbonyl (C=O) groups is 1. The minimum absolute atomic E-state index is 0.0400. The van der Waals surface area contributed by atoms with Crippen molar-refractivity contribution in [2.45, 2.75) is 6.42 Å². The second kappa shape index (κ2) is 3.83. The maximum absolute atomic E-state index is 13.3. The molecule has 3 nitrogen and oxygen atoms in total. The summed E-state index contributed by atoms with van der Waals surface area (Å²) >= 11 is 0. The maximum Gasteiger partial charge on any atom is 0.314 e. The zero-order valence-electron chi connectivity index (χ0n) is 8.37. The number of hydrogen-bond donors (Lipinski definition) is 1. The van der Waals surface area contributed by atoms with Crippen molar-refractivity contribution < 1.29 is 23.4 Å². The van der Waals surface area contributed by atoms with Gasteiger partial charge in [-0.05, 0) is 30.2 Å². The number of benzene rings is 1. The Labute approximate surface area is 90.7 Å². The van der Waals surface area contributed by atoms with Gasteiger partial charge in [-0.3, -0.25) is 4.79 Å². The molecular formula is C11H10F2O3. The zero-order chi connectivity index (χ0) is 11.8. The van der Waals surface area contributed by atoms with Crippen molar-refractivity contribution in [2.75, 3.05) is 13.2 Å². The van der Waals surface area contributed by atoms with Gasteiger partial charge in [-0.1, -0.05) is 0 Å². The third-order valence-electron chi connectivity index (χ3n) is 2.75. The molecule has 0 radical (unpaired) electrons. The van der Waals surface area contributed by atoms with Gasteiger partial charge in [0.1, 0.15) is 17.0 Å². The van der Waals surface area contributed by atoms with E-state index in [0.29, 0.717) is 0 Å². The lowest BCUT2D eigenvalue weighted by Crippen LogP contribution is -2.50. The molecule has 0 unspecified atom stereocenters. The second-order valence-corrected chi connectivity index (χ2v) is 3.99. The van der Waals surface area contributed by atoms with E-state index in [9.17, 15) is 13.6 Å². The minimum atomic E-state index is -1.10. The summed E-state index contributed by atoms with van der Waals surface area (Å²) in [7, 11) is 0. The fourth-order valence-corrected chi connectivity index (χ4v) is 1.69. The van der Waals surface area contributed by atoms with Crippen molar-refractivity contribution in [3.8, 4) is 0 Å². The normalized spacial score (nSPS) is 17.9. The number of aliphatic carboxylic acids is 1.